The number of nitrogens with one attached hydrogen (secondary N) is 1. The molecule has 2 aromatic carbocycles. The van der Waals surface area contributed by atoms with Crippen molar-refractivity contribution in [2.45, 2.75) is 45.1 Å². The highest BCUT2D eigenvalue weighted by atomic mass is 35.5. The van der Waals surface area contributed by atoms with Gasteiger partial charge in [-0.3, -0.25) is 4.79 Å². The second-order valence-electron chi connectivity index (χ2n) is 10.1. The van der Waals surface area contributed by atoms with Gasteiger partial charge in [-0.25, -0.2) is 9.48 Å². The maximum atomic E-state index is 13.5. The number of ether oxygens (including phenoxy) is 3. The maximum absolute atomic E-state index is 13.5. The summed E-state index contributed by atoms with van der Waals surface area (Å²) in [4.78, 5) is 27.8. The van der Waals surface area contributed by atoms with Crippen LogP contribution in [0.2, 0.25) is 5.02 Å². The van der Waals surface area contributed by atoms with Crippen molar-refractivity contribution in [2.24, 2.45) is 0 Å². The molecule has 0 radical (unpaired) electrons. The van der Waals surface area contributed by atoms with Crippen molar-refractivity contribution < 1.29 is 23.8 Å². The van der Waals surface area contributed by atoms with Crippen LogP contribution in [0.3, 0.4) is 0 Å². The van der Waals surface area contributed by atoms with Crippen LogP contribution in [0.15, 0.2) is 48.7 Å². The molecule has 194 valence electrons. The molecule has 37 heavy (non-hydrogen) atoms. The molecule has 0 unspecified atom stereocenters. The number of carbonyl (C=O) groups is 2. The first-order chi connectivity index (χ1) is 17.7. The van der Waals surface area contributed by atoms with E-state index in [0.717, 1.165) is 11.4 Å². The summed E-state index contributed by atoms with van der Waals surface area (Å²) in [6.45, 7) is 6.77. The van der Waals surface area contributed by atoms with E-state index in [-0.39, 0.29) is 24.7 Å². The Hall–Kier alpha value is -3.72. The fourth-order valence-electron chi connectivity index (χ4n) is 4.55. The summed E-state index contributed by atoms with van der Waals surface area (Å²) in [6, 6.07) is 12.6. The van der Waals surface area contributed by atoms with Gasteiger partial charge in [0.25, 0.3) is 5.91 Å². The number of amides is 2. The van der Waals surface area contributed by atoms with Crippen molar-refractivity contribution in [1.29, 1.82) is 0 Å². The monoisotopic (exact) mass is 524 g/mol. The molecule has 0 aliphatic carbocycles. The van der Waals surface area contributed by atoms with E-state index in [4.69, 9.17) is 25.8 Å². The molecule has 10 heteroatoms. The summed E-state index contributed by atoms with van der Waals surface area (Å²) in [5.41, 5.74) is 2.12. The molecule has 1 saturated heterocycles. The molecule has 1 fully saturated rings. The minimum absolute atomic E-state index is 0.00867. The SMILES string of the molecule is CC(C)(C)OC(=O)N1CCC(c2c(C(=O)Nc3ccc4c(c3)OCO4)cnn2-c2ccc(Cl)cc2)CC1. The van der Waals surface area contributed by atoms with E-state index < -0.39 is 5.60 Å². The molecule has 2 amide bonds. The highest BCUT2D eigenvalue weighted by Crippen LogP contribution is 2.36. The Labute approximate surface area is 220 Å². The summed E-state index contributed by atoms with van der Waals surface area (Å²) in [5, 5.41) is 8.15. The Bertz CT molecular complexity index is 1310. The number of rotatable bonds is 4. The van der Waals surface area contributed by atoms with Crippen LogP contribution in [-0.4, -0.2) is 52.2 Å². The number of aromatic nitrogens is 2. The average Bonchev–Trinajstić information content (AvgIpc) is 3.51. The molecule has 2 aliphatic rings. The van der Waals surface area contributed by atoms with Crippen LogP contribution in [0.5, 0.6) is 11.5 Å². The van der Waals surface area contributed by atoms with Gasteiger partial charge in [-0.05, 0) is 70.0 Å². The largest absolute Gasteiger partial charge is 0.454 e. The average molecular weight is 525 g/mol. The van der Waals surface area contributed by atoms with Crippen molar-refractivity contribution in [3.63, 3.8) is 0 Å². The maximum Gasteiger partial charge on any atom is 0.410 e. The fourth-order valence-corrected chi connectivity index (χ4v) is 4.67. The van der Waals surface area contributed by atoms with Crippen molar-refractivity contribution in [3.05, 3.63) is 64.9 Å². The molecule has 0 atom stereocenters. The predicted octanol–water partition coefficient (Wildman–Crippen LogP) is 5.62. The van der Waals surface area contributed by atoms with Crippen LogP contribution < -0.4 is 14.8 Å². The van der Waals surface area contributed by atoms with Crippen LogP contribution in [0.4, 0.5) is 10.5 Å². The van der Waals surface area contributed by atoms with Crippen molar-refractivity contribution in [3.8, 4) is 17.2 Å². The Morgan fingerprint density at radius 2 is 1.76 bits per heavy atom. The number of carbonyl (C=O) groups excluding carboxylic acids is 2. The molecule has 0 bridgehead atoms. The minimum Gasteiger partial charge on any atom is -0.454 e. The van der Waals surface area contributed by atoms with Gasteiger partial charge in [-0.1, -0.05) is 11.6 Å². The number of benzene rings is 2. The summed E-state index contributed by atoms with van der Waals surface area (Å²) >= 11 is 6.10. The smallest absolute Gasteiger partial charge is 0.410 e. The second kappa shape index (κ2) is 9.97. The summed E-state index contributed by atoms with van der Waals surface area (Å²) < 4.78 is 18.1. The Kier molecular flexibility index (Phi) is 6.72. The first-order valence-corrected chi connectivity index (χ1v) is 12.6. The number of hydrogen-bond donors (Lipinski definition) is 1. The second-order valence-corrected chi connectivity index (χ2v) is 10.5. The van der Waals surface area contributed by atoms with E-state index in [1.165, 1.54) is 0 Å². The zero-order valence-corrected chi connectivity index (χ0v) is 21.7. The zero-order chi connectivity index (χ0) is 26.2. The van der Waals surface area contributed by atoms with Gasteiger partial charge in [0.2, 0.25) is 6.79 Å². The summed E-state index contributed by atoms with van der Waals surface area (Å²) in [5.74, 6) is 0.966. The van der Waals surface area contributed by atoms with E-state index in [2.05, 4.69) is 10.4 Å². The number of hydrogen-bond acceptors (Lipinski definition) is 6. The number of piperidine rings is 1. The van der Waals surface area contributed by atoms with Crippen LogP contribution in [0.25, 0.3) is 5.69 Å². The Morgan fingerprint density at radius 1 is 1.05 bits per heavy atom. The van der Waals surface area contributed by atoms with Gasteiger partial charge >= 0.3 is 6.09 Å². The quantitative estimate of drug-likeness (QED) is 0.476. The van der Waals surface area contributed by atoms with E-state index >= 15 is 0 Å². The van der Waals surface area contributed by atoms with E-state index in [1.807, 2.05) is 32.9 Å². The fraction of sp³-hybridized carbons (Fsp3) is 0.370. The van der Waals surface area contributed by atoms with Gasteiger partial charge in [0.1, 0.15) is 5.60 Å². The lowest BCUT2D eigenvalue weighted by atomic mass is 9.90. The first-order valence-electron chi connectivity index (χ1n) is 12.2. The minimum atomic E-state index is -0.554. The van der Waals surface area contributed by atoms with Gasteiger partial charge in [0.15, 0.2) is 11.5 Å². The van der Waals surface area contributed by atoms with Gasteiger partial charge < -0.3 is 24.4 Å². The van der Waals surface area contributed by atoms with Gasteiger partial charge in [-0.2, -0.15) is 5.10 Å². The molecule has 3 aromatic rings. The Balaban J connectivity index is 1.41. The molecule has 5 rings (SSSR count). The van der Waals surface area contributed by atoms with Crippen LogP contribution in [0, 0.1) is 0 Å². The van der Waals surface area contributed by atoms with E-state index in [9.17, 15) is 9.59 Å². The lowest BCUT2D eigenvalue weighted by molar-refractivity contribution is 0.0203. The van der Waals surface area contributed by atoms with Crippen molar-refractivity contribution >= 4 is 29.3 Å². The highest BCUT2D eigenvalue weighted by molar-refractivity contribution is 6.30. The summed E-state index contributed by atoms with van der Waals surface area (Å²) in [7, 11) is 0. The molecule has 0 spiro atoms. The third-order valence-corrected chi connectivity index (χ3v) is 6.54. The third-order valence-electron chi connectivity index (χ3n) is 6.29. The molecule has 3 heterocycles. The highest BCUT2D eigenvalue weighted by Gasteiger charge is 2.32. The van der Waals surface area contributed by atoms with E-state index in [1.54, 1.807) is 46.1 Å². The number of halogens is 1. The number of likely N-dealkylation sites (tertiary alicyclic amines) is 1. The number of nitrogens with zero attached hydrogens (tertiary/aromatic N) is 3. The number of fused-ring (bicyclic) bond motifs is 1. The zero-order valence-electron chi connectivity index (χ0n) is 21.0. The Morgan fingerprint density at radius 3 is 2.46 bits per heavy atom. The predicted molar refractivity (Wildman–Crippen MR) is 139 cm³/mol. The lowest BCUT2D eigenvalue weighted by Gasteiger charge is -2.34. The molecule has 1 aromatic heterocycles. The molecule has 1 N–H and O–H groups in total. The molecular weight excluding hydrogens is 496 g/mol. The molecule has 2 aliphatic heterocycles. The van der Waals surface area contributed by atoms with Crippen LogP contribution in [0.1, 0.15) is 55.6 Å². The topological polar surface area (TPSA) is 94.9 Å². The first kappa shape index (κ1) is 25.0. The summed E-state index contributed by atoms with van der Waals surface area (Å²) in [6.07, 6.45) is 2.61. The van der Waals surface area contributed by atoms with Gasteiger partial charge in [0, 0.05) is 35.8 Å². The number of anilines is 1. The van der Waals surface area contributed by atoms with Gasteiger partial charge in [0.05, 0.1) is 23.1 Å². The van der Waals surface area contributed by atoms with Crippen LogP contribution >= 0.6 is 11.6 Å². The molecule has 9 nitrogen and oxygen atoms in total. The normalized spacial score (nSPS) is 15.5. The van der Waals surface area contributed by atoms with E-state index in [0.29, 0.717) is 53.7 Å². The van der Waals surface area contributed by atoms with Crippen molar-refractivity contribution in [2.75, 3.05) is 25.2 Å². The van der Waals surface area contributed by atoms with Gasteiger partial charge in [-0.15, -0.1) is 0 Å². The van der Waals surface area contributed by atoms with Crippen molar-refractivity contribution in [1.82, 2.24) is 14.7 Å². The standard InChI is InChI=1S/C27H29ClN4O5/c1-27(2,3)37-26(34)31-12-10-17(11-13-31)24-21(15-29-32(24)20-7-4-18(28)5-8-20)25(33)30-19-6-9-22-23(14-19)36-16-35-22/h4-9,14-15,17H,10-13,16H2,1-3H3,(H,30,33). The lowest BCUT2D eigenvalue weighted by Crippen LogP contribution is -2.41. The third kappa shape index (κ3) is 5.51. The van der Waals surface area contributed by atoms with Crippen LogP contribution in [-0.2, 0) is 4.74 Å². The molecular formula is C27H29ClN4O5. The molecule has 0 saturated carbocycles.